The van der Waals surface area contributed by atoms with E-state index in [2.05, 4.69) is 13.8 Å². The number of carbonyl (C=O) groups excluding carboxylic acids is 2. The van der Waals surface area contributed by atoms with E-state index in [-0.39, 0.29) is 24.0 Å². The predicted molar refractivity (Wildman–Crippen MR) is 162 cm³/mol. The number of primary amides is 1. The Kier molecular flexibility index (Phi) is 27.4. The van der Waals surface area contributed by atoms with Gasteiger partial charge < -0.3 is 11.5 Å². The van der Waals surface area contributed by atoms with Gasteiger partial charge in [0.1, 0.15) is 5.78 Å². The number of Topliss-reactive ketones (excluding diaryl/α,β-unsaturated/α-hetero) is 1. The highest BCUT2D eigenvalue weighted by molar-refractivity contribution is 5.89. The molecule has 37 heavy (non-hydrogen) atoms. The van der Waals surface area contributed by atoms with Crippen LogP contribution in [0.15, 0.2) is 0 Å². The summed E-state index contributed by atoms with van der Waals surface area (Å²) in [7, 11) is 0. The number of hydrogen-bond acceptors (Lipinski definition) is 3. The van der Waals surface area contributed by atoms with Crippen LogP contribution in [0.25, 0.3) is 0 Å². The smallest absolute Gasteiger partial charge is 0.220 e. The molecule has 220 valence electrons. The number of rotatable bonds is 30. The van der Waals surface area contributed by atoms with Crippen LogP contribution in [-0.4, -0.2) is 17.7 Å². The van der Waals surface area contributed by atoms with Crippen LogP contribution >= 0.6 is 0 Å². The van der Waals surface area contributed by atoms with Gasteiger partial charge in [-0.1, -0.05) is 168 Å². The summed E-state index contributed by atoms with van der Waals surface area (Å²) in [6.07, 6.45) is 32.8. The lowest BCUT2D eigenvalue weighted by atomic mass is 9.91. The molecule has 1 amide bonds. The van der Waals surface area contributed by atoms with Gasteiger partial charge in [0.2, 0.25) is 5.91 Å². The van der Waals surface area contributed by atoms with E-state index in [0.29, 0.717) is 0 Å². The Balaban J connectivity index is 3.71. The van der Waals surface area contributed by atoms with Crippen LogP contribution in [0.3, 0.4) is 0 Å². The van der Waals surface area contributed by atoms with Gasteiger partial charge in [0, 0.05) is 12.3 Å². The molecule has 2 unspecified atom stereocenters. The predicted octanol–water partition coefficient (Wildman–Crippen LogP) is 9.56. The lowest BCUT2D eigenvalue weighted by molar-refractivity contribution is -0.128. The van der Waals surface area contributed by atoms with Crippen molar-refractivity contribution in [2.24, 2.45) is 17.4 Å². The molecule has 0 aliphatic heterocycles. The van der Waals surface area contributed by atoms with Crippen LogP contribution in [0.1, 0.15) is 187 Å². The number of amides is 1. The molecule has 4 heteroatoms. The normalized spacial score (nSPS) is 13.1. The SMILES string of the molecule is CCCCCCCCCCCCCCC(N)C(=O)CC(CCCCCCCCCCCCCC)C(N)=O. The molecule has 0 heterocycles. The molecule has 0 radical (unpaired) electrons. The average Bonchev–Trinajstić information content (AvgIpc) is 2.88. The van der Waals surface area contributed by atoms with E-state index in [1.807, 2.05) is 0 Å². The summed E-state index contributed by atoms with van der Waals surface area (Å²) in [5.41, 5.74) is 11.8. The molecular weight excluding hydrogens is 456 g/mol. The highest BCUT2D eigenvalue weighted by Crippen LogP contribution is 2.18. The van der Waals surface area contributed by atoms with E-state index >= 15 is 0 Å². The molecule has 0 saturated heterocycles. The van der Waals surface area contributed by atoms with Gasteiger partial charge in [-0.25, -0.2) is 0 Å². The van der Waals surface area contributed by atoms with Gasteiger partial charge in [-0.15, -0.1) is 0 Å². The minimum Gasteiger partial charge on any atom is -0.369 e. The highest BCUT2D eigenvalue weighted by atomic mass is 16.1. The van der Waals surface area contributed by atoms with Crippen molar-refractivity contribution in [2.75, 3.05) is 0 Å². The van der Waals surface area contributed by atoms with Crippen molar-refractivity contribution in [3.8, 4) is 0 Å². The van der Waals surface area contributed by atoms with Crippen molar-refractivity contribution >= 4 is 11.7 Å². The summed E-state index contributed by atoms with van der Waals surface area (Å²) in [6.45, 7) is 4.53. The molecule has 0 aliphatic carbocycles. The van der Waals surface area contributed by atoms with Crippen LogP contribution in [0.2, 0.25) is 0 Å². The number of ketones is 1. The van der Waals surface area contributed by atoms with Crippen molar-refractivity contribution < 1.29 is 9.59 Å². The van der Waals surface area contributed by atoms with E-state index in [4.69, 9.17) is 11.5 Å². The summed E-state index contributed by atoms with van der Waals surface area (Å²) >= 11 is 0. The molecule has 0 rings (SSSR count). The van der Waals surface area contributed by atoms with E-state index in [0.717, 1.165) is 38.5 Å². The zero-order valence-corrected chi connectivity index (χ0v) is 25.2. The molecular formula is C33H66N2O2. The Morgan fingerprint density at radius 1 is 0.486 bits per heavy atom. The van der Waals surface area contributed by atoms with Gasteiger partial charge in [0.25, 0.3) is 0 Å². The van der Waals surface area contributed by atoms with Gasteiger partial charge in [0.05, 0.1) is 6.04 Å². The molecule has 4 N–H and O–H groups in total. The van der Waals surface area contributed by atoms with Crippen LogP contribution in [0, 0.1) is 5.92 Å². The number of unbranched alkanes of at least 4 members (excludes halogenated alkanes) is 22. The zero-order chi connectivity index (χ0) is 27.4. The quantitative estimate of drug-likeness (QED) is 0.0920. The van der Waals surface area contributed by atoms with E-state index in [1.54, 1.807) is 0 Å². The molecule has 0 bridgehead atoms. The molecule has 0 aromatic rings. The first-order chi connectivity index (χ1) is 18.0. The first kappa shape index (κ1) is 36.1. The summed E-state index contributed by atoms with van der Waals surface area (Å²) in [5, 5.41) is 0. The first-order valence-corrected chi connectivity index (χ1v) is 16.6. The lowest BCUT2D eigenvalue weighted by Gasteiger charge is -2.16. The summed E-state index contributed by atoms with van der Waals surface area (Å²) in [6, 6.07) is -0.438. The third kappa shape index (κ3) is 25.2. The molecule has 2 atom stereocenters. The van der Waals surface area contributed by atoms with Crippen LogP contribution < -0.4 is 11.5 Å². The maximum atomic E-state index is 12.6. The van der Waals surface area contributed by atoms with E-state index in [1.165, 1.54) is 128 Å². The van der Waals surface area contributed by atoms with Crippen molar-refractivity contribution in [3.63, 3.8) is 0 Å². The van der Waals surface area contributed by atoms with Gasteiger partial charge in [-0.05, 0) is 12.8 Å². The van der Waals surface area contributed by atoms with Crippen molar-refractivity contribution in [2.45, 2.75) is 193 Å². The fraction of sp³-hybridized carbons (Fsp3) is 0.939. The van der Waals surface area contributed by atoms with E-state index < -0.39 is 6.04 Å². The minimum absolute atomic E-state index is 0.0193. The Labute approximate surface area is 231 Å². The van der Waals surface area contributed by atoms with Gasteiger partial charge >= 0.3 is 0 Å². The standard InChI is InChI=1S/C33H66N2O2/c1-3-5-7-9-11-13-15-17-19-21-23-25-27-30(33(35)37)29-32(36)31(34)28-26-24-22-20-18-16-14-12-10-8-6-4-2/h30-31H,3-29,34H2,1-2H3,(H2,35,37). The first-order valence-electron chi connectivity index (χ1n) is 16.6. The van der Waals surface area contributed by atoms with Crippen molar-refractivity contribution in [3.05, 3.63) is 0 Å². The molecule has 0 aromatic heterocycles. The molecule has 0 aromatic carbocycles. The average molecular weight is 523 g/mol. The Hall–Kier alpha value is -0.900. The van der Waals surface area contributed by atoms with Crippen LogP contribution in [0.4, 0.5) is 0 Å². The van der Waals surface area contributed by atoms with Gasteiger partial charge in [-0.3, -0.25) is 9.59 Å². The molecule has 0 spiro atoms. The van der Waals surface area contributed by atoms with Crippen molar-refractivity contribution in [1.29, 1.82) is 0 Å². The summed E-state index contributed by atoms with van der Waals surface area (Å²) in [4.78, 5) is 24.5. The van der Waals surface area contributed by atoms with Gasteiger partial charge in [0.15, 0.2) is 0 Å². The maximum absolute atomic E-state index is 12.6. The third-order valence-electron chi connectivity index (χ3n) is 8.04. The third-order valence-corrected chi connectivity index (χ3v) is 8.04. The fourth-order valence-electron chi connectivity index (χ4n) is 5.34. The number of hydrogen-bond donors (Lipinski definition) is 2. The number of nitrogens with two attached hydrogens (primary N) is 2. The van der Waals surface area contributed by atoms with Crippen LogP contribution in [-0.2, 0) is 9.59 Å². The lowest BCUT2D eigenvalue weighted by Crippen LogP contribution is -2.35. The topological polar surface area (TPSA) is 86.2 Å². The Bertz CT molecular complexity index is 509. The zero-order valence-electron chi connectivity index (χ0n) is 25.2. The second-order valence-corrected chi connectivity index (χ2v) is 11.7. The van der Waals surface area contributed by atoms with Crippen LogP contribution in [0.5, 0.6) is 0 Å². The van der Waals surface area contributed by atoms with Gasteiger partial charge in [-0.2, -0.15) is 0 Å². The molecule has 4 nitrogen and oxygen atoms in total. The minimum atomic E-state index is -0.438. The van der Waals surface area contributed by atoms with Crippen molar-refractivity contribution in [1.82, 2.24) is 0 Å². The summed E-state index contributed by atoms with van der Waals surface area (Å²) < 4.78 is 0. The fourth-order valence-corrected chi connectivity index (χ4v) is 5.34. The largest absolute Gasteiger partial charge is 0.369 e. The monoisotopic (exact) mass is 523 g/mol. The number of carbonyl (C=O) groups is 2. The Morgan fingerprint density at radius 2 is 0.784 bits per heavy atom. The van der Waals surface area contributed by atoms with E-state index in [9.17, 15) is 9.59 Å². The molecule has 0 saturated carbocycles. The molecule has 0 fully saturated rings. The second-order valence-electron chi connectivity index (χ2n) is 11.7. The second kappa shape index (κ2) is 28.1. The molecule has 0 aliphatic rings. The maximum Gasteiger partial charge on any atom is 0.220 e. The highest BCUT2D eigenvalue weighted by Gasteiger charge is 2.22. The summed E-state index contributed by atoms with van der Waals surface area (Å²) in [5.74, 6) is -0.663. The Morgan fingerprint density at radius 3 is 1.11 bits per heavy atom.